The lowest BCUT2D eigenvalue weighted by molar-refractivity contribution is -0.121. The predicted molar refractivity (Wildman–Crippen MR) is 114 cm³/mol. The second kappa shape index (κ2) is 10.3. The van der Waals surface area contributed by atoms with E-state index < -0.39 is 6.10 Å². The van der Waals surface area contributed by atoms with E-state index in [4.69, 9.17) is 0 Å². The molecule has 0 aliphatic carbocycles. The molecular formula is C22H24N4O4. The number of Topliss-reactive ketones (excluding diaryl/α,β-unsaturated/α-hetero) is 1. The Hall–Kier alpha value is -3.52. The Labute approximate surface area is 173 Å². The van der Waals surface area contributed by atoms with Gasteiger partial charge in [-0.1, -0.05) is 48.5 Å². The van der Waals surface area contributed by atoms with Gasteiger partial charge in [-0.05, 0) is 12.5 Å². The van der Waals surface area contributed by atoms with E-state index in [0.717, 1.165) is 0 Å². The lowest BCUT2D eigenvalue weighted by Crippen LogP contribution is -2.36. The zero-order valence-electron chi connectivity index (χ0n) is 16.4. The van der Waals surface area contributed by atoms with Gasteiger partial charge in [0.05, 0.1) is 11.5 Å². The number of fused-ring (bicyclic) bond motifs is 1. The van der Waals surface area contributed by atoms with Gasteiger partial charge in [0.15, 0.2) is 11.6 Å². The molecular weight excluding hydrogens is 384 g/mol. The van der Waals surface area contributed by atoms with Crippen molar-refractivity contribution < 1.29 is 14.7 Å². The first kappa shape index (κ1) is 21.2. The molecule has 1 atom stereocenters. The molecule has 0 radical (unpaired) electrons. The number of ketones is 1. The first-order valence-corrected chi connectivity index (χ1v) is 9.79. The zero-order chi connectivity index (χ0) is 21.3. The summed E-state index contributed by atoms with van der Waals surface area (Å²) in [7, 11) is 0. The molecule has 4 N–H and O–H groups in total. The molecule has 8 nitrogen and oxygen atoms in total. The van der Waals surface area contributed by atoms with Gasteiger partial charge in [-0.25, -0.2) is 5.10 Å². The van der Waals surface area contributed by atoms with E-state index in [1.165, 1.54) is 0 Å². The van der Waals surface area contributed by atoms with E-state index in [0.29, 0.717) is 35.0 Å². The number of aliphatic hydroxyl groups is 1. The van der Waals surface area contributed by atoms with E-state index in [2.05, 4.69) is 20.8 Å². The molecule has 3 aromatic rings. The number of hydrogen-bond donors (Lipinski definition) is 4. The fourth-order valence-corrected chi connectivity index (χ4v) is 3.03. The second-order valence-electron chi connectivity index (χ2n) is 6.93. The maximum absolute atomic E-state index is 12.0. The van der Waals surface area contributed by atoms with Crippen molar-refractivity contribution in [3.8, 4) is 0 Å². The third-order valence-corrected chi connectivity index (χ3v) is 4.64. The summed E-state index contributed by atoms with van der Waals surface area (Å²) in [6.07, 6.45) is 0.116. The number of aromatic nitrogens is 2. The van der Waals surface area contributed by atoms with Crippen LogP contribution in [0, 0.1) is 0 Å². The molecule has 1 unspecified atom stereocenters. The Kier molecular flexibility index (Phi) is 7.29. The molecule has 8 heteroatoms. The fourth-order valence-electron chi connectivity index (χ4n) is 3.03. The topological polar surface area (TPSA) is 124 Å². The number of H-pyrrole nitrogens is 1. The lowest BCUT2D eigenvalue weighted by atomic mass is 10.1. The third kappa shape index (κ3) is 5.74. The Morgan fingerprint density at radius 2 is 1.67 bits per heavy atom. The highest BCUT2D eigenvalue weighted by Crippen LogP contribution is 2.16. The number of carbonyl (C=O) groups excluding carboxylic acids is 2. The van der Waals surface area contributed by atoms with Crippen LogP contribution in [-0.4, -0.2) is 46.2 Å². The quantitative estimate of drug-likeness (QED) is 0.380. The Morgan fingerprint density at radius 1 is 0.967 bits per heavy atom. The number of hydrogen-bond acceptors (Lipinski definition) is 6. The molecule has 1 aromatic heterocycles. The molecule has 0 aliphatic rings. The highest BCUT2D eigenvalue weighted by atomic mass is 16.3. The van der Waals surface area contributed by atoms with Gasteiger partial charge in [0.25, 0.3) is 5.56 Å². The number of amides is 1. The van der Waals surface area contributed by atoms with Crippen molar-refractivity contribution in [3.63, 3.8) is 0 Å². The number of nitrogens with zero attached hydrogens (tertiary/aromatic N) is 1. The van der Waals surface area contributed by atoms with Crippen LogP contribution in [0.4, 0.5) is 5.82 Å². The van der Waals surface area contributed by atoms with E-state index in [1.807, 2.05) is 6.07 Å². The summed E-state index contributed by atoms with van der Waals surface area (Å²) in [5.41, 5.74) is 0.359. The van der Waals surface area contributed by atoms with Crippen LogP contribution in [-0.2, 0) is 4.79 Å². The van der Waals surface area contributed by atoms with Crippen molar-refractivity contribution in [1.82, 2.24) is 15.5 Å². The molecule has 30 heavy (non-hydrogen) atoms. The summed E-state index contributed by atoms with van der Waals surface area (Å²) in [5.74, 6) is 0.241. The predicted octanol–water partition coefficient (Wildman–Crippen LogP) is 1.87. The van der Waals surface area contributed by atoms with Gasteiger partial charge in [-0.2, -0.15) is 5.10 Å². The van der Waals surface area contributed by atoms with Gasteiger partial charge in [0, 0.05) is 36.9 Å². The van der Waals surface area contributed by atoms with Gasteiger partial charge in [0.1, 0.15) is 0 Å². The molecule has 1 amide bonds. The minimum absolute atomic E-state index is 0.00765. The molecule has 0 bridgehead atoms. The summed E-state index contributed by atoms with van der Waals surface area (Å²) < 4.78 is 0. The minimum atomic E-state index is -0.840. The number of aliphatic hydroxyl groups excluding tert-OH is 1. The number of aromatic amines is 1. The molecule has 1 heterocycles. The maximum atomic E-state index is 12.0. The highest BCUT2D eigenvalue weighted by Gasteiger charge is 2.11. The van der Waals surface area contributed by atoms with Crippen LogP contribution in [0.25, 0.3) is 10.8 Å². The minimum Gasteiger partial charge on any atom is -0.389 e. The van der Waals surface area contributed by atoms with Crippen LogP contribution < -0.4 is 16.2 Å². The zero-order valence-corrected chi connectivity index (χ0v) is 16.4. The number of anilines is 1. The standard InChI is InChI=1S/C22H24N4O4/c27-16(14-24-21-17-9-4-5-10-18(17)22(30)26-25-21)13-23-20(29)12-6-11-19(28)15-7-2-1-3-8-15/h1-5,7-10,16,27H,6,11-14H2,(H,23,29)(H,24,25)(H,26,30). The van der Waals surface area contributed by atoms with Gasteiger partial charge in [-0.3, -0.25) is 14.4 Å². The van der Waals surface area contributed by atoms with Crippen LogP contribution in [0.5, 0.6) is 0 Å². The van der Waals surface area contributed by atoms with Crippen LogP contribution in [0.3, 0.4) is 0 Å². The van der Waals surface area contributed by atoms with Crippen molar-refractivity contribution in [3.05, 3.63) is 70.5 Å². The molecule has 156 valence electrons. The number of carbonyl (C=O) groups is 2. The van der Waals surface area contributed by atoms with Gasteiger partial charge in [-0.15, -0.1) is 0 Å². The number of benzene rings is 2. The largest absolute Gasteiger partial charge is 0.389 e. The van der Waals surface area contributed by atoms with E-state index in [-0.39, 0.29) is 36.8 Å². The second-order valence-corrected chi connectivity index (χ2v) is 6.93. The highest BCUT2D eigenvalue weighted by molar-refractivity contribution is 5.96. The summed E-state index contributed by atoms with van der Waals surface area (Å²) >= 11 is 0. The van der Waals surface area contributed by atoms with Crippen LogP contribution >= 0.6 is 0 Å². The fraction of sp³-hybridized carbons (Fsp3) is 0.273. The first-order valence-electron chi connectivity index (χ1n) is 9.79. The summed E-state index contributed by atoms with van der Waals surface area (Å²) in [5, 5.41) is 23.3. The van der Waals surface area contributed by atoms with E-state index >= 15 is 0 Å². The SMILES string of the molecule is O=C(CCCC(=O)c1ccccc1)NCC(O)CNc1n[nH]c(=O)c2ccccc12. The van der Waals surface area contributed by atoms with Crippen molar-refractivity contribution >= 4 is 28.3 Å². The van der Waals surface area contributed by atoms with Crippen molar-refractivity contribution in [2.45, 2.75) is 25.4 Å². The lowest BCUT2D eigenvalue weighted by Gasteiger charge is -2.14. The Balaban J connectivity index is 1.39. The van der Waals surface area contributed by atoms with Crippen LogP contribution in [0.2, 0.25) is 0 Å². The van der Waals surface area contributed by atoms with Crippen LogP contribution in [0.15, 0.2) is 59.4 Å². The van der Waals surface area contributed by atoms with E-state index in [9.17, 15) is 19.5 Å². The van der Waals surface area contributed by atoms with Gasteiger partial charge in [0.2, 0.25) is 5.91 Å². The summed E-state index contributed by atoms with van der Waals surface area (Å²) in [6.45, 7) is 0.218. The van der Waals surface area contributed by atoms with Crippen molar-refractivity contribution in [1.29, 1.82) is 0 Å². The smallest absolute Gasteiger partial charge is 0.272 e. The monoisotopic (exact) mass is 408 g/mol. The number of rotatable bonds is 10. The summed E-state index contributed by atoms with van der Waals surface area (Å²) in [4.78, 5) is 35.8. The van der Waals surface area contributed by atoms with Crippen molar-refractivity contribution in [2.24, 2.45) is 0 Å². The van der Waals surface area contributed by atoms with Crippen LogP contribution in [0.1, 0.15) is 29.6 Å². The normalized spacial score (nSPS) is 11.8. The Bertz CT molecular complexity index is 1070. The third-order valence-electron chi connectivity index (χ3n) is 4.64. The average Bonchev–Trinajstić information content (AvgIpc) is 2.78. The maximum Gasteiger partial charge on any atom is 0.272 e. The molecule has 0 fully saturated rings. The molecule has 2 aromatic carbocycles. The molecule has 0 aliphatic heterocycles. The molecule has 0 spiro atoms. The average molecular weight is 408 g/mol. The summed E-state index contributed by atoms with van der Waals surface area (Å²) in [6, 6.07) is 16.0. The first-order chi connectivity index (χ1) is 14.5. The van der Waals surface area contributed by atoms with Gasteiger partial charge < -0.3 is 15.7 Å². The van der Waals surface area contributed by atoms with E-state index in [1.54, 1.807) is 48.5 Å². The molecule has 3 rings (SSSR count). The molecule has 0 saturated heterocycles. The van der Waals surface area contributed by atoms with Crippen molar-refractivity contribution in [2.75, 3.05) is 18.4 Å². The van der Waals surface area contributed by atoms with Gasteiger partial charge >= 0.3 is 0 Å². The number of nitrogens with one attached hydrogen (secondary N) is 3. The molecule has 0 saturated carbocycles. The Morgan fingerprint density at radius 3 is 2.43 bits per heavy atom.